The van der Waals surface area contributed by atoms with Crippen LogP contribution < -0.4 is 4.74 Å². The molecular formula is C17H29NO2. The van der Waals surface area contributed by atoms with Crippen molar-refractivity contribution in [3.63, 3.8) is 0 Å². The van der Waals surface area contributed by atoms with Crippen LogP contribution in [-0.2, 0) is 6.42 Å². The predicted molar refractivity (Wildman–Crippen MR) is 84.3 cm³/mol. The van der Waals surface area contributed by atoms with Gasteiger partial charge in [-0.25, -0.2) is 0 Å². The van der Waals surface area contributed by atoms with E-state index < -0.39 is 0 Å². The van der Waals surface area contributed by atoms with Gasteiger partial charge in [0.15, 0.2) is 0 Å². The first-order valence-corrected chi connectivity index (χ1v) is 7.69. The second-order valence-electron chi connectivity index (χ2n) is 5.31. The van der Waals surface area contributed by atoms with Gasteiger partial charge in [0, 0.05) is 12.6 Å². The zero-order chi connectivity index (χ0) is 14.8. The van der Waals surface area contributed by atoms with Gasteiger partial charge in [-0.1, -0.05) is 19.1 Å². The number of ether oxygens (including phenoxy) is 1. The summed E-state index contributed by atoms with van der Waals surface area (Å²) in [5.74, 6) is 0.915. The Hall–Kier alpha value is -1.06. The van der Waals surface area contributed by atoms with E-state index in [4.69, 9.17) is 9.84 Å². The quantitative estimate of drug-likeness (QED) is 0.668. The Morgan fingerprint density at radius 1 is 1.15 bits per heavy atom. The van der Waals surface area contributed by atoms with Crippen LogP contribution >= 0.6 is 0 Å². The highest BCUT2D eigenvalue weighted by Gasteiger charge is 2.12. The molecule has 0 aliphatic carbocycles. The van der Waals surface area contributed by atoms with Crippen molar-refractivity contribution in [3.8, 4) is 5.75 Å². The third kappa shape index (κ3) is 5.93. The summed E-state index contributed by atoms with van der Waals surface area (Å²) in [6, 6.07) is 8.89. The molecule has 0 aliphatic rings. The Labute approximate surface area is 123 Å². The van der Waals surface area contributed by atoms with Crippen LogP contribution in [0.1, 0.15) is 38.7 Å². The highest BCUT2D eigenvalue weighted by molar-refractivity contribution is 5.27. The van der Waals surface area contributed by atoms with Crippen LogP contribution in [0.4, 0.5) is 0 Å². The summed E-state index contributed by atoms with van der Waals surface area (Å²) < 4.78 is 5.19. The van der Waals surface area contributed by atoms with Gasteiger partial charge < -0.3 is 14.7 Å². The lowest BCUT2D eigenvalue weighted by Gasteiger charge is -2.28. The van der Waals surface area contributed by atoms with Crippen molar-refractivity contribution in [2.45, 2.75) is 45.6 Å². The number of aliphatic hydroxyl groups excluding tert-OH is 1. The van der Waals surface area contributed by atoms with Gasteiger partial charge in [0.2, 0.25) is 0 Å². The van der Waals surface area contributed by atoms with Gasteiger partial charge in [0.05, 0.1) is 7.11 Å². The molecule has 1 aromatic rings. The Balaban J connectivity index is 2.42. The van der Waals surface area contributed by atoms with E-state index in [0.29, 0.717) is 12.6 Å². The number of aliphatic hydroxyl groups is 1. The minimum absolute atomic E-state index is 0.313. The standard InChI is InChI=1S/C17H29NO2/c1-4-18(12-6-5-7-13-19)15(2)14-16-8-10-17(20-3)11-9-16/h8-11,15,19H,4-7,12-14H2,1-3H3. The summed E-state index contributed by atoms with van der Waals surface area (Å²) in [5.41, 5.74) is 1.35. The van der Waals surface area contributed by atoms with E-state index in [1.165, 1.54) is 12.0 Å². The lowest BCUT2D eigenvalue weighted by molar-refractivity contribution is 0.209. The molecule has 0 bridgehead atoms. The fraction of sp³-hybridized carbons (Fsp3) is 0.647. The molecule has 20 heavy (non-hydrogen) atoms. The maximum absolute atomic E-state index is 8.81. The van der Waals surface area contributed by atoms with Crippen molar-refractivity contribution in [2.24, 2.45) is 0 Å². The number of nitrogens with zero attached hydrogens (tertiary/aromatic N) is 1. The van der Waals surface area contributed by atoms with E-state index in [9.17, 15) is 0 Å². The van der Waals surface area contributed by atoms with Crippen molar-refractivity contribution in [1.82, 2.24) is 4.90 Å². The number of hydrogen-bond donors (Lipinski definition) is 1. The normalized spacial score (nSPS) is 12.7. The van der Waals surface area contributed by atoms with E-state index in [-0.39, 0.29) is 0 Å². The zero-order valence-corrected chi connectivity index (χ0v) is 13.1. The zero-order valence-electron chi connectivity index (χ0n) is 13.1. The van der Waals surface area contributed by atoms with Crippen molar-refractivity contribution in [3.05, 3.63) is 29.8 Å². The Bertz CT molecular complexity index is 351. The van der Waals surface area contributed by atoms with Gasteiger partial charge in [-0.2, -0.15) is 0 Å². The van der Waals surface area contributed by atoms with Gasteiger partial charge in [-0.3, -0.25) is 0 Å². The molecule has 1 atom stereocenters. The lowest BCUT2D eigenvalue weighted by Crippen LogP contribution is -2.35. The number of methoxy groups -OCH3 is 1. The molecule has 0 aliphatic heterocycles. The second-order valence-corrected chi connectivity index (χ2v) is 5.31. The minimum Gasteiger partial charge on any atom is -0.497 e. The molecule has 1 unspecified atom stereocenters. The van der Waals surface area contributed by atoms with Crippen LogP contribution in [0.15, 0.2) is 24.3 Å². The van der Waals surface area contributed by atoms with Gasteiger partial charge in [0.25, 0.3) is 0 Å². The molecule has 0 saturated heterocycles. The third-order valence-electron chi connectivity index (χ3n) is 3.82. The van der Waals surface area contributed by atoms with Crippen LogP contribution in [0, 0.1) is 0 Å². The van der Waals surface area contributed by atoms with Crippen molar-refractivity contribution >= 4 is 0 Å². The highest BCUT2D eigenvalue weighted by atomic mass is 16.5. The summed E-state index contributed by atoms with van der Waals surface area (Å²) in [4.78, 5) is 2.52. The highest BCUT2D eigenvalue weighted by Crippen LogP contribution is 2.15. The third-order valence-corrected chi connectivity index (χ3v) is 3.82. The largest absolute Gasteiger partial charge is 0.497 e. The Morgan fingerprint density at radius 2 is 1.85 bits per heavy atom. The Kier molecular flexibility index (Phi) is 8.31. The number of likely N-dealkylation sites (N-methyl/N-ethyl adjacent to an activating group) is 1. The van der Waals surface area contributed by atoms with Gasteiger partial charge >= 0.3 is 0 Å². The summed E-state index contributed by atoms with van der Waals surface area (Å²) in [7, 11) is 1.70. The molecule has 0 heterocycles. The van der Waals surface area contributed by atoms with Gasteiger partial charge in [-0.15, -0.1) is 0 Å². The average molecular weight is 279 g/mol. The molecule has 0 amide bonds. The molecule has 114 valence electrons. The van der Waals surface area contributed by atoms with Crippen LogP contribution in [0.5, 0.6) is 5.75 Å². The molecule has 0 aromatic heterocycles. The molecular weight excluding hydrogens is 250 g/mol. The van der Waals surface area contributed by atoms with Crippen molar-refractivity contribution < 1.29 is 9.84 Å². The first-order chi connectivity index (χ1) is 9.71. The molecule has 1 N–H and O–H groups in total. The van der Waals surface area contributed by atoms with Crippen molar-refractivity contribution in [2.75, 3.05) is 26.8 Å². The SMILES string of the molecule is CCN(CCCCCO)C(C)Cc1ccc(OC)cc1. The molecule has 0 fully saturated rings. The first-order valence-electron chi connectivity index (χ1n) is 7.69. The van der Waals surface area contributed by atoms with Gasteiger partial charge in [0.1, 0.15) is 5.75 Å². The molecule has 1 aromatic carbocycles. The number of benzene rings is 1. The molecule has 3 heteroatoms. The topological polar surface area (TPSA) is 32.7 Å². The summed E-state index contributed by atoms with van der Waals surface area (Å²) in [6.45, 7) is 7.02. The van der Waals surface area contributed by atoms with E-state index in [0.717, 1.165) is 38.1 Å². The van der Waals surface area contributed by atoms with Crippen LogP contribution in [-0.4, -0.2) is 42.9 Å². The number of hydrogen-bond acceptors (Lipinski definition) is 3. The fourth-order valence-corrected chi connectivity index (χ4v) is 2.53. The monoisotopic (exact) mass is 279 g/mol. The summed E-state index contributed by atoms with van der Waals surface area (Å²) >= 11 is 0. The average Bonchev–Trinajstić information content (AvgIpc) is 2.48. The van der Waals surface area contributed by atoms with Crippen LogP contribution in [0.3, 0.4) is 0 Å². The van der Waals surface area contributed by atoms with Crippen LogP contribution in [0.25, 0.3) is 0 Å². The molecule has 0 radical (unpaired) electrons. The second kappa shape index (κ2) is 9.78. The summed E-state index contributed by atoms with van der Waals surface area (Å²) in [5, 5.41) is 8.81. The van der Waals surface area contributed by atoms with E-state index in [1.54, 1.807) is 7.11 Å². The number of unbranched alkanes of at least 4 members (excludes halogenated alkanes) is 2. The minimum atomic E-state index is 0.313. The predicted octanol–water partition coefficient (Wildman–Crippen LogP) is 3.11. The fourth-order valence-electron chi connectivity index (χ4n) is 2.53. The Morgan fingerprint density at radius 3 is 2.40 bits per heavy atom. The van der Waals surface area contributed by atoms with E-state index in [2.05, 4.69) is 30.9 Å². The summed E-state index contributed by atoms with van der Waals surface area (Å²) in [6.07, 6.45) is 4.27. The van der Waals surface area contributed by atoms with E-state index in [1.807, 2.05) is 12.1 Å². The lowest BCUT2D eigenvalue weighted by atomic mass is 10.1. The molecule has 3 nitrogen and oxygen atoms in total. The maximum atomic E-state index is 8.81. The first kappa shape index (κ1) is 17.0. The van der Waals surface area contributed by atoms with E-state index >= 15 is 0 Å². The smallest absolute Gasteiger partial charge is 0.118 e. The van der Waals surface area contributed by atoms with Crippen molar-refractivity contribution in [1.29, 1.82) is 0 Å². The number of rotatable bonds is 10. The van der Waals surface area contributed by atoms with Gasteiger partial charge in [-0.05, 0) is 63.4 Å². The molecule has 0 saturated carbocycles. The molecule has 1 rings (SSSR count). The maximum Gasteiger partial charge on any atom is 0.118 e. The molecule has 0 spiro atoms. The van der Waals surface area contributed by atoms with Crippen LogP contribution in [0.2, 0.25) is 0 Å².